The van der Waals surface area contributed by atoms with Crippen molar-refractivity contribution in [2.75, 3.05) is 21.3 Å². The summed E-state index contributed by atoms with van der Waals surface area (Å²) in [5.74, 6) is 0.417. The average Bonchev–Trinajstić information content (AvgIpc) is 2.66. The molecule has 1 fully saturated rings. The summed E-state index contributed by atoms with van der Waals surface area (Å²) in [5, 5.41) is 0. The van der Waals surface area contributed by atoms with Crippen LogP contribution in [0.3, 0.4) is 0 Å². The molecule has 0 aromatic heterocycles. The maximum Gasteiger partial charge on any atom is 0.203 e. The smallest absolute Gasteiger partial charge is 0.203 e. The lowest BCUT2D eigenvalue weighted by Gasteiger charge is -2.31. The van der Waals surface area contributed by atoms with Crippen molar-refractivity contribution in [3.8, 4) is 17.2 Å². The molecule has 2 atom stereocenters. The molecule has 0 saturated carbocycles. The molecule has 26 heavy (non-hydrogen) atoms. The molecule has 0 unspecified atom stereocenters. The zero-order valence-electron chi connectivity index (χ0n) is 15.1. The molecule has 0 aliphatic carbocycles. The van der Waals surface area contributed by atoms with Gasteiger partial charge in [0.2, 0.25) is 5.75 Å². The average molecular weight is 364 g/mol. The van der Waals surface area contributed by atoms with E-state index in [2.05, 4.69) is 0 Å². The molecule has 0 bridgehead atoms. The lowest BCUT2D eigenvalue weighted by Crippen LogP contribution is -2.17. The molecule has 140 valence electrons. The third-order valence-corrected chi connectivity index (χ3v) is 4.63. The van der Waals surface area contributed by atoms with E-state index in [1.54, 1.807) is 21.3 Å². The molecule has 0 N–H and O–H groups in total. The van der Waals surface area contributed by atoms with Gasteiger partial charge in [-0.2, -0.15) is 0 Å². The Balaban J connectivity index is 1.90. The van der Waals surface area contributed by atoms with Crippen molar-refractivity contribution < 1.29 is 27.7 Å². The van der Waals surface area contributed by atoms with Gasteiger partial charge in [0.25, 0.3) is 0 Å². The number of halogens is 2. The molecule has 1 heterocycles. The highest BCUT2D eigenvalue weighted by Crippen LogP contribution is 2.44. The fraction of sp³-hybridized carbons (Fsp3) is 0.400. The Morgan fingerprint density at radius 1 is 0.885 bits per heavy atom. The van der Waals surface area contributed by atoms with Crippen LogP contribution in [0, 0.1) is 11.6 Å². The van der Waals surface area contributed by atoms with Gasteiger partial charge >= 0.3 is 0 Å². The van der Waals surface area contributed by atoms with Crippen molar-refractivity contribution in [3.05, 3.63) is 53.1 Å². The van der Waals surface area contributed by atoms with Crippen LogP contribution >= 0.6 is 0 Å². The third-order valence-electron chi connectivity index (χ3n) is 4.63. The van der Waals surface area contributed by atoms with Gasteiger partial charge in [0.05, 0.1) is 33.5 Å². The predicted octanol–water partition coefficient (Wildman–Crippen LogP) is 4.97. The van der Waals surface area contributed by atoms with Crippen LogP contribution in [0.1, 0.15) is 42.6 Å². The quantitative estimate of drug-likeness (QED) is 0.750. The van der Waals surface area contributed by atoms with Gasteiger partial charge < -0.3 is 18.9 Å². The lowest BCUT2D eigenvalue weighted by molar-refractivity contribution is -0.0551. The first kappa shape index (κ1) is 18.5. The highest BCUT2D eigenvalue weighted by molar-refractivity contribution is 5.54. The van der Waals surface area contributed by atoms with Gasteiger partial charge in [-0.15, -0.1) is 0 Å². The predicted molar refractivity (Wildman–Crippen MR) is 92.9 cm³/mol. The van der Waals surface area contributed by atoms with E-state index in [1.807, 2.05) is 12.1 Å². The summed E-state index contributed by atoms with van der Waals surface area (Å²) in [6.07, 6.45) is 1.67. The van der Waals surface area contributed by atoms with Gasteiger partial charge in [-0.05, 0) is 43.0 Å². The number of benzene rings is 2. The maximum atomic E-state index is 14.1. The van der Waals surface area contributed by atoms with Crippen molar-refractivity contribution in [2.24, 2.45) is 0 Å². The topological polar surface area (TPSA) is 36.9 Å². The number of hydrogen-bond acceptors (Lipinski definition) is 4. The van der Waals surface area contributed by atoms with Crippen LogP contribution in [0.25, 0.3) is 0 Å². The van der Waals surface area contributed by atoms with Gasteiger partial charge in [0, 0.05) is 11.6 Å². The standard InChI is InChI=1S/C20H22F2O4/c1-23-18-9-12(10-19(24-2)20(18)25-3)16-5-4-6-17(26-16)14-8-7-13(21)11-15(14)22/h7-11,16-17H,4-6H2,1-3H3/t16-,17-/m1/s1. The molecular weight excluding hydrogens is 342 g/mol. The first-order chi connectivity index (χ1) is 12.6. The van der Waals surface area contributed by atoms with Crippen LogP contribution in [0.5, 0.6) is 17.2 Å². The van der Waals surface area contributed by atoms with E-state index >= 15 is 0 Å². The molecule has 6 heteroatoms. The van der Waals surface area contributed by atoms with E-state index in [-0.39, 0.29) is 6.10 Å². The summed E-state index contributed by atoms with van der Waals surface area (Å²) in [6.45, 7) is 0. The molecule has 1 aliphatic heterocycles. The van der Waals surface area contributed by atoms with Crippen molar-refractivity contribution >= 4 is 0 Å². The lowest BCUT2D eigenvalue weighted by atomic mass is 9.94. The highest BCUT2D eigenvalue weighted by atomic mass is 19.1. The number of ether oxygens (including phenoxy) is 4. The molecular formula is C20H22F2O4. The van der Waals surface area contributed by atoms with E-state index in [1.165, 1.54) is 12.1 Å². The normalized spacial score (nSPS) is 19.9. The first-order valence-electron chi connectivity index (χ1n) is 8.47. The zero-order chi connectivity index (χ0) is 18.7. The molecule has 4 nitrogen and oxygen atoms in total. The van der Waals surface area contributed by atoms with E-state index in [0.29, 0.717) is 29.2 Å². The van der Waals surface area contributed by atoms with Crippen LogP contribution in [0.2, 0.25) is 0 Å². The van der Waals surface area contributed by atoms with Gasteiger partial charge in [0.15, 0.2) is 11.5 Å². The fourth-order valence-corrected chi connectivity index (χ4v) is 3.35. The Bertz CT molecular complexity index is 753. The van der Waals surface area contributed by atoms with Crippen molar-refractivity contribution in [3.63, 3.8) is 0 Å². The number of methoxy groups -OCH3 is 3. The van der Waals surface area contributed by atoms with Crippen molar-refractivity contribution in [2.45, 2.75) is 31.5 Å². The second-order valence-electron chi connectivity index (χ2n) is 6.17. The van der Waals surface area contributed by atoms with Crippen LogP contribution in [-0.2, 0) is 4.74 Å². The van der Waals surface area contributed by atoms with Gasteiger partial charge in [-0.3, -0.25) is 0 Å². The molecule has 1 saturated heterocycles. The summed E-state index contributed by atoms with van der Waals surface area (Å²) in [4.78, 5) is 0. The fourth-order valence-electron chi connectivity index (χ4n) is 3.35. The Kier molecular flexibility index (Phi) is 5.61. The summed E-state index contributed by atoms with van der Waals surface area (Å²) < 4.78 is 49.6. The molecule has 2 aromatic carbocycles. The second-order valence-corrected chi connectivity index (χ2v) is 6.17. The first-order valence-corrected chi connectivity index (χ1v) is 8.47. The van der Waals surface area contributed by atoms with E-state index < -0.39 is 17.7 Å². The Labute approximate surface area is 151 Å². The molecule has 1 aliphatic rings. The molecule has 2 aromatic rings. The summed E-state index contributed by atoms with van der Waals surface area (Å²) in [6, 6.07) is 7.28. The largest absolute Gasteiger partial charge is 0.493 e. The van der Waals surface area contributed by atoms with Crippen LogP contribution in [0.4, 0.5) is 8.78 Å². The number of hydrogen-bond donors (Lipinski definition) is 0. The van der Waals surface area contributed by atoms with Crippen LogP contribution < -0.4 is 14.2 Å². The Morgan fingerprint density at radius 2 is 1.54 bits per heavy atom. The van der Waals surface area contributed by atoms with E-state index in [0.717, 1.165) is 24.5 Å². The SMILES string of the molecule is COc1cc([C@H]2CCC[C@H](c3ccc(F)cc3F)O2)cc(OC)c1OC. The minimum Gasteiger partial charge on any atom is -0.493 e. The molecule has 0 spiro atoms. The summed E-state index contributed by atoms with van der Waals surface area (Å²) >= 11 is 0. The molecule has 0 amide bonds. The van der Waals surface area contributed by atoms with Crippen LogP contribution in [-0.4, -0.2) is 21.3 Å². The zero-order valence-corrected chi connectivity index (χ0v) is 15.1. The Morgan fingerprint density at radius 3 is 2.12 bits per heavy atom. The van der Waals surface area contributed by atoms with Gasteiger partial charge in [0.1, 0.15) is 11.6 Å². The third kappa shape index (κ3) is 3.60. The molecule has 3 rings (SSSR count). The maximum absolute atomic E-state index is 14.1. The van der Waals surface area contributed by atoms with Crippen molar-refractivity contribution in [1.29, 1.82) is 0 Å². The summed E-state index contributed by atoms with van der Waals surface area (Å²) in [7, 11) is 4.66. The van der Waals surface area contributed by atoms with Crippen molar-refractivity contribution in [1.82, 2.24) is 0 Å². The minimum atomic E-state index is -0.594. The van der Waals surface area contributed by atoms with E-state index in [9.17, 15) is 8.78 Å². The highest BCUT2D eigenvalue weighted by Gasteiger charge is 2.28. The molecule has 0 radical (unpaired) electrons. The minimum absolute atomic E-state index is 0.244. The monoisotopic (exact) mass is 364 g/mol. The van der Waals surface area contributed by atoms with Gasteiger partial charge in [-0.1, -0.05) is 6.07 Å². The van der Waals surface area contributed by atoms with Gasteiger partial charge in [-0.25, -0.2) is 8.78 Å². The van der Waals surface area contributed by atoms with Crippen LogP contribution in [0.15, 0.2) is 30.3 Å². The van der Waals surface area contributed by atoms with E-state index in [4.69, 9.17) is 18.9 Å². The second kappa shape index (κ2) is 7.91. The summed E-state index contributed by atoms with van der Waals surface area (Å²) in [5.41, 5.74) is 1.25. The number of rotatable bonds is 5. The Hall–Kier alpha value is -2.34.